The van der Waals surface area contributed by atoms with E-state index in [1.54, 1.807) is 31.4 Å². The van der Waals surface area contributed by atoms with Gasteiger partial charge in [0.1, 0.15) is 17.2 Å². The standard InChI is InChI=1S/C19H18N4O5/c1-27-17-6-4-11(7-18(17)28-2)14-9-15(22-21-14)19(26)23-20-10-12-3-5-13(24)8-16(12)25/h3-10,24-25H,1-2H3,(H,21,22)(H,23,26). The third kappa shape index (κ3) is 4.04. The molecule has 0 spiro atoms. The summed E-state index contributed by atoms with van der Waals surface area (Å²) in [5.74, 6) is 0.404. The summed E-state index contributed by atoms with van der Waals surface area (Å²) in [6.45, 7) is 0. The normalized spacial score (nSPS) is 10.8. The maximum atomic E-state index is 12.2. The van der Waals surface area contributed by atoms with Crippen LogP contribution in [-0.4, -0.2) is 46.8 Å². The lowest BCUT2D eigenvalue weighted by Crippen LogP contribution is -2.18. The molecule has 0 aliphatic heterocycles. The zero-order chi connectivity index (χ0) is 20.1. The van der Waals surface area contributed by atoms with E-state index in [4.69, 9.17) is 9.47 Å². The number of rotatable bonds is 6. The first-order valence-electron chi connectivity index (χ1n) is 8.15. The number of nitrogens with zero attached hydrogens (tertiary/aromatic N) is 2. The Bertz CT molecular complexity index is 1030. The molecule has 9 nitrogen and oxygen atoms in total. The molecule has 0 aliphatic carbocycles. The van der Waals surface area contributed by atoms with E-state index in [1.807, 2.05) is 0 Å². The van der Waals surface area contributed by atoms with Crippen LogP contribution in [0.5, 0.6) is 23.0 Å². The summed E-state index contributed by atoms with van der Waals surface area (Å²) >= 11 is 0. The Morgan fingerprint density at radius 1 is 1.11 bits per heavy atom. The average molecular weight is 382 g/mol. The molecule has 0 radical (unpaired) electrons. The molecule has 1 aromatic heterocycles. The topological polar surface area (TPSA) is 129 Å². The molecule has 0 aliphatic rings. The lowest BCUT2D eigenvalue weighted by atomic mass is 10.1. The number of ether oxygens (including phenoxy) is 2. The van der Waals surface area contributed by atoms with E-state index >= 15 is 0 Å². The number of carbonyl (C=O) groups is 1. The van der Waals surface area contributed by atoms with Crippen molar-refractivity contribution in [2.24, 2.45) is 5.10 Å². The number of phenolic OH excluding ortho intramolecular Hbond substituents is 2. The highest BCUT2D eigenvalue weighted by molar-refractivity contribution is 5.94. The van der Waals surface area contributed by atoms with Gasteiger partial charge in [-0.05, 0) is 36.4 Å². The van der Waals surface area contributed by atoms with E-state index in [0.29, 0.717) is 22.8 Å². The second-order valence-electron chi connectivity index (χ2n) is 5.68. The van der Waals surface area contributed by atoms with Crippen LogP contribution in [0.15, 0.2) is 47.6 Å². The number of aromatic amines is 1. The van der Waals surface area contributed by atoms with Crippen LogP contribution in [-0.2, 0) is 0 Å². The highest BCUT2D eigenvalue weighted by Crippen LogP contribution is 2.31. The molecule has 28 heavy (non-hydrogen) atoms. The number of amides is 1. The first-order valence-corrected chi connectivity index (χ1v) is 8.15. The second kappa shape index (κ2) is 8.12. The van der Waals surface area contributed by atoms with Crippen molar-refractivity contribution in [3.05, 3.63) is 53.7 Å². The van der Waals surface area contributed by atoms with E-state index in [9.17, 15) is 15.0 Å². The average Bonchev–Trinajstić information content (AvgIpc) is 3.19. The number of carbonyl (C=O) groups excluding carboxylic acids is 1. The van der Waals surface area contributed by atoms with Crippen LogP contribution < -0.4 is 14.9 Å². The largest absolute Gasteiger partial charge is 0.508 e. The molecule has 4 N–H and O–H groups in total. The van der Waals surface area contributed by atoms with Gasteiger partial charge in [-0.2, -0.15) is 10.2 Å². The van der Waals surface area contributed by atoms with Crippen molar-refractivity contribution in [3.63, 3.8) is 0 Å². The van der Waals surface area contributed by atoms with E-state index in [-0.39, 0.29) is 17.2 Å². The summed E-state index contributed by atoms with van der Waals surface area (Å²) < 4.78 is 10.5. The van der Waals surface area contributed by atoms with Crippen molar-refractivity contribution < 1.29 is 24.5 Å². The SMILES string of the molecule is COc1ccc(-c2cc(C(=O)NN=Cc3ccc(O)cc3O)[nH]n2)cc1OC. The number of nitrogens with one attached hydrogen (secondary N) is 2. The number of H-pyrrole nitrogens is 1. The predicted molar refractivity (Wildman–Crippen MR) is 102 cm³/mol. The van der Waals surface area contributed by atoms with Gasteiger partial charge in [0.05, 0.1) is 26.1 Å². The van der Waals surface area contributed by atoms with Crippen molar-refractivity contribution in [2.75, 3.05) is 14.2 Å². The van der Waals surface area contributed by atoms with Gasteiger partial charge in [-0.3, -0.25) is 9.89 Å². The number of hydrazone groups is 1. The molecule has 0 unspecified atom stereocenters. The number of phenols is 2. The van der Waals surface area contributed by atoms with Crippen molar-refractivity contribution in [2.45, 2.75) is 0 Å². The third-order valence-electron chi connectivity index (χ3n) is 3.89. The van der Waals surface area contributed by atoms with Gasteiger partial charge in [0.2, 0.25) is 0 Å². The van der Waals surface area contributed by atoms with Crippen LogP contribution in [0, 0.1) is 0 Å². The minimum atomic E-state index is -0.506. The number of benzene rings is 2. The molecule has 144 valence electrons. The Hall–Kier alpha value is -4.01. The van der Waals surface area contributed by atoms with Crippen LogP contribution in [0.3, 0.4) is 0 Å². The maximum Gasteiger partial charge on any atom is 0.289 e. The summed E-state index contributed by atoms with van der Waals surface area (Å²) in [6, 6.07) is 10.9. The first-order chi connectivity index (χ1) is 13.5. The molecule has 0 saturated heterocycles. The predicted octanol–water partition coefficient (Wildman–Crippen LogP) is 2.27. The molecular weight excluding hydrogens is 364 g/mol. The molecule has 9 heteroatoms. The minimum absolute atomic E-state index is 0.0705. The van der Waals surface area contributed by atoms with E-state index in [2.05, 4.69) is 20.7 Å². The number of methoxy groups -OCH3 is 2. The van der Waals surface area contributed by atoms with Crippen LogP contribution in [0.2, 0.25) is 0 Å². The summed E-state index contributed by atoms with van der Waals surface area (Å²) in [6.07, 6.45) is 1.26. The monoisotopic (exact) mass is 382 g/mol. The Morgan fingerprint density at radius 2 is 1.89 bits per heavy atom. The summed E-state index contributed by atoms with van der Waals surface area (Å²) in [7, 11) is 3.09. The van der Waals surface area contributed by atoms with Crippen LogP contribution in [0.4, 0.5) is 0 Å². The molecule has 2 aromatic carbocycles. The van der Waals surface area contributed by atoms with Crippen molar-refractivity contribution in [3.8, 4) is 34.3 Å². The fourth-order valence-electron chi connectivity index (χ4n) is 2.44. The Morgan fingerprint density at radius 3 is 2.61 bits per heavy atom. The van der Waals surface area contributed by atoms with Gasteiger partial charge in [-0.15, -0.1) is 0 Å². The highest BCUT2D eigenvalue weighted by atomic mass is 16.5. The van der Waals surface area contributed by atoms with Crippen molar-refractivity contribution in [1.82, 2.24) is 15.6 Å². The van der Waals surface area contributed by atoms with E-state index < -0.39 is 5.91 Å². The molecule has 1 heterocycles. The fraction of sp³-hybridized carbons (Fsp3) is 0.105. The zero-order valence-electron chi connectivity index (χ0n) is 15.1. The van der Waals surface area contributed by atoms with Gasteiger partial charge in [-0.25, -0.2) is 5.43 Å². The van der Waals surface area contributed by atoms with Crippen molar-refractivity contribution >= 4 is 12.1 Å². The Labute approximate surface area is 160 Å². The number of aromatic nitrogens is 2. The molecule has 3 rings (SSSR count). The number of aromatic hydroxyl groups is 2. The van der Waals surface area contributed by atoms with E-state index in [0.717, 1.165) is 5.56 Å². The fourth-order valence-corrected chi connectivity index (χ4v) is 2.44. The number of hydrogen-bond donors (Lipinski definition) is 4. The molecular formula is C19H18N4O5. The third-order valence-corrected chi connectivity index (χ3v) is 3.89. The minimum Gasteiger partial charge on any atom is -0.508 e. The Balaban J connectivity index is 1.71. The molecule has 1 amide bonds. The molecule has 0 atom stereocenters. The summed E-state index contributed by atoms with van der Waals surface area (Å²) in [5, 5.41) is 29.5. The van der Waals surface area contributed by atoms with E-state index in [1.165, 1.54) is 31.5 Å². The van der Waals surface area contributed by atoms with Crippen LogP contribution in [0.1, 0.15) is 16.1 Å². The van der Waals surface area contributed by atoms with Crippen LogP contribution in [0.25, 0.3) is 11.3 Å². The quantitative estimate of drug-likeness (QED) is 0.382. The molecule has 3 aromatic rings. The lowest BCUT2D eigenvalue weighted by Gasteiger charge is -2.08. The zero-order valence-corrected chi connectivity index (χ0v) is 15.1. The number of hydrogen-bond acceptors (Lipinski definition) is 7. The molecule has 0 bridgehead atoms. The summed E-state index contributed by atoms with van der Waals surface area (Å²) in [4.78, 5) is 12.2. The smallest absolute Gasteiger partial charge is 0.289 e. The van der Waals surface area contributed by atoms with Gasteiger partial charge >= 0.3 is 0 Å². The molecule has 0 saturated carbocycles. The molecule has 0 fully saturated rings. The second-order valence-corrected chi connectivity index (χ2v) is 5.68. The summed E-state index contributed by atoms with van der Waals surface area (Å²) in [5.41, 5.74) is 4.17. The van der Waals surface area contributed by atoms with Gasteiger partial charge in [-0.1, -0.05) is 0 Å². The van der Waals surface area contributed by atoms with Crippen molar-refractivity contribution in [1.29, 1.82) is 0 Å². The Kier molecular flexibility index (Phi) is 5.45. The first kappa shape index (κ1) is 18.8. The maximum absolute atomic E-state index is 12.2. The lowest BCUT2D eigenvalue weighted by molar-refractivity contribution is 0.0950. The van der Waals surface area contributed by atoms with Gasteiger partial charge in [0.15, 0.2) is 11.5 Å². The van der Waals surface area contributed by atoms with Crippen LogP contribution >= 0.6 is 0 Å². The highest BCUT2D eigenvalue weighted by Gasteiger charge is 2.12. The van der Waals surface area contributed by atoms with Gasteiger partial charge in [0.25, 0.3) is 5.91 Å². The van der Waals surface area contributed by atoms with Gasteiger partial charge < -0.3 is 19.7 Å². The van der Waals surface area contributed by atoms with Gasteiger partial charge in [0, 0.05) is 17.2 Å².